The van der Waals surface area contributed by atoms with E-state index in [9.17, 15) is 9.18 Å². The number of alkyl halides is 1. The van der Waals surface area contributed by atoms with Gasteiger partial charge in [0.1, 0.15) is 0 Å². The first-order chi connectivity index (χ1) is 6.11. The van der Waals surface area contributed by atoms with Gasteiger partial charge in [-0.1, -0.05) is 19.8 Å². The maximum Gasteiger partial charge on any atom is 0.366 e. The highest BCUT2D eigenvalue weighted by Gasteiger charge is 2.27. The Morgan fingerprint density at radius 2 is 2.15 bits per heavy atom. The monoisotopic (exact) mass is 190 g/mol. The topological polar surface area (TPSA) is 46.5 Å². The Kier molecular flexibility index (Phi) is 3.66. The van der Waals surface area contributed by atoms with Crippen molar-refractivity contribution >= 4 is 5.97 Å². The zero-order chi connectivity index (χ0) is 9.84. The molecule has 3 atom stereocenters. The zero-order valence-electron chi connectivity index (χ0n) is 7.70. The van der Waals surface area contributed by atoms with Crippen molar-refractivity contribution < 1.29 is 19.0 Å². The van der Waals surface area contributed by atoms with Crippen molar-refractivity contribution in [2.45, 2.75) is 45.1 Å². The highest BCUT2D eigenvalue weighted by molar-refractivity contribution is 5.70. The van der Waals surface area contributed by atoms with E-state index in [0.29, 0.717) is 0 Å². The summed E-state index contributed by atoms with van der Waals surface area (Å²) < 4.78 is 17.5. The van der Waals surface area contributed by atoms with Gasteiger partial charge < -0.3 is 9.84 Å². The summed E-state index contributed by atoms with van der Waals surface area (Å²) in [5.41, 5.74) is 0. The molecule has 1 fully saturated rings. The largest absolute Gasteiger partial charge is 0.477 e. The summed E-state index contributed by atoms with van der Waals surface area (Å²) >= 11 is 0. The average molecular weight is 190 g/mol. The maximum atomic E-state index is 12.7. The summed E-state index contributed by atoms with van der Waals surface area (Å²) in [6.07, 6.45) is 1.52. The van der Waals surface area contributed by atoms with E-state index >= 15 is 0 Å². The highest BCUT2D eigenvalue weighted by atomic mass is 19.1. The van der Waals surface area contributed by atoms with E-state index in [0.717, 1.165) is 25.7 Å². The first-order valence-corrected chi connectivity index (χ1v) is 4.63. The van der Waals surface area contributed by atoms with Crippen LogP contribution < -0.4 is 0 Å². The smallest absolute Gasteiger partial charge is 0.366 e. The van der Waals surface area contributed by atoms with Gasteiger partial charge in [-0.3, -0.25) is 0 Å². The van der Waals surface area contributed by atoms with Crippen LogP contribution in [0.1, 0.15) is 32.6 Å². The molecule has 1 aliphatic rings. The summed E-state index contributed by atoms with van der Waals surface area (Å²) in [5, 5.41) is 8.30. The quantitative estimate of drug-likeness (QED) is 0.740. The van der Waals surface area contributed by atoms with E-state index in [2.05, 4.69) is 0 Å². The number of carboxylic acids is 1. The number of halogens is 1. The molecule has 1 saturated carbocycles. The first kappa shape index (κ1) is 10.4. The van der Waals surface area contributed by atoms with Gasteiger partial charge >= 0.3 is 5.97 Å². The molecule has 3 nitrogen and oxygen atoms in total. The molecule has 76 valence electrons. The third-order valence-electron chi connectivity index (χ3n) is 2.52. The number of ether oxygens (including phenoxy) is 1. The van der Waals surface area contributed by atoms with Crippen molar-refractivity contribution in [3.05, 3.63) is 0 Å². The Morgan fingerprint density at radius 1 is 1.54 bits per heavy atom. The lowest BCUT2D eigenvalue weighted by Crippen LogP contribution is -2.32. The third kappa shape index (κ3) is 2.95. The van der Waals surface area contributed by atoms with Gasteiger partial charge in [0, 0.05) is 0 Å². The Bertz CT molecular complexity index is 184. The van der Waals surface area contributed by atoms with Crippen LogP contribution in [0.5, 0.6) is 0 Å². The van der Waals surface area contributed by atoms with Crippen LogP contribution in [0.2, 0.25) is 0 Å². The van der Waals surface area contributed by atoms with Gasteiger partial charge in [-0.25, -0.2) is 9.18 Å². The van der Waals surface area contributed by atoms with Crippen LogP contribution in [0.4, 0.5) is 4.39 Å². The molecule has 3 unspecified atom stereocenters. The van der Waals surface area contributed by atoms with Crippen LogP contribution >= 0.6 is 0 Å². The average Bonchev–Trinajstić information content (AvgIpc) is 2.08. The van der Waals surface area contributed by atoms with Crippen LogP contribution in [0.25, 0.3) is 0 Å². The van der Waals surface area contributed by atoms with Gasteiger partial charge in [-0.2, -0.15) is 0 Å². The standard InChI is InChI=1S/C9H15FO3/c1-6-4-2-3-5-7(6)13-8(10)9(11)12/h6-8H,2-5H2,1H3,(H,11,12). The number of hydrogen-bond acceptors (Lipinski definition) is 2. The summed E-state index contributed by atoms with van der Waals surface area (Å²) in [6, 6.07) is 0. The molecule has 0 aromatic rings. The lowest BCUT2D eigenvalue weighted by molar-refractivity contribution is -0.175. The number of carbonyl (C=O) groups is 1. The molecular weight excluding hydrogens is 175 g/mol. The lowest BCUT2D eigenvalue weighted by Gasteiger charge is -2.28. The molecule has 1 rings (SSSR count). The molecule has 1 N–H and O–H groups in total. The van der Waals surface area contributed by atoms with E-state index in [1.807, 2.05) is 6.92 Å². The Balaban J connectivity index is 2.37. The van der Waals surface area contributed by atoms with Crippen molar-refractivity contribution in [3.63, 3.8) is 0 Å². The van der Waals surface area contributed by atoms with E-state index < -0.39 is 12.3 Å². The van der Waals surface area contributed by atoms with Crippen LogP contribution in [-0.4, -0.2) is 23.5 Å². The first-order valence-electron chi connectivity index (χ1n) is 4.63. The van der Waals surface area contributed by atoms with Gasteiger partial charge in [-0.15, -0.1) is 0 Å². The molecule has 0 heterocycles. The summed E-state index contributed by atoms with van der Waals surface area (Å²) in [6.45, 7) is 1.97. The number of hydrogen-bond donors (Lipinski definition) is 1. The second-order valence-corrected chi connectivity index (χ2v) is 3.59. The Morgan fingerprint density at radius 3 is 2.69 bits per heavy atom. The molecule has 1 aliphatic carbocycles. The minimum absolute atomic E-state index is 0.222. The molecule has 0 saturated heterocycles. The van der Waals surface area contributed by atoms with Gasteiger partial charge in [0.15, 0.2) is 0 Å². The maximum absolute atomic E-state index is 12.7. The second kappa shape index (κ2) is 4.56. The molecule has 4 heteroatoms. The van der Waals surface area contributed by atoms with Crippen LogP contribution in [0.3, 0.4) is 0 Å². The van der Waals surface area contributed by atoms with Gasteiger partial charge in [0.05, 0.1) is 6.10 Å². The molecule has 0 bridgehead atoms. The SMILES string of the molecule is CC1CCCCC1OC(F)C(=O)O. The summed E-state index contributed by atoms with van der Waals surface area (Å²) in [4.78, 5) is 10.2. The minimum atomic E-state index is -2.16. The van der Waals surface area contributed by atoms with E-state index in [4.69, 9.17) is 9.84 Å². The van der Waals surface area contributed by atoms with Crippen molar-refractivity contribution in [1.82, 2.24) is 0 Å². The number of rotatable bonds is 3. The fourth-order valence-electron chi connectivity index (χ4n) is 1.70. The van der Waals surface area contributed by atoms with Gasteiger partial charge in [-0.05, 0) is 18.8 Å². The fourth-order valence-corrected chi connectivity index (χ4v) is 1.70. The second-order valence-electron chi connectivity index (χ2n) is 3.59. The predicted molar refractivity (Wildman–Crippen MR) is 45.0 cm³/mol. The number of aliphatic carboxylic acids is 1. The van der Waals surface area contributed by atoms with Crippen LogP contribution in [-0.2, 0) is 9.53 Å². The lowest BCUT2D eigenvalue weighted by atomic mass is 9.88. The van der Waals surface area contributed by atoms with Crippen molar-refractivity contribution in [2.24, 2.45) is 5.92 Å². The molecule has 0 aromatic carbocycles. The van der Waals surface area contributed by atoms with Crippen molar-refractivity contribution in [3.8, 4) is 0 Å². The molecule has 0 aromatic heterocycles. The molecule has 0 amide bonds. The third-order valence-corrected chi connectivity index (χ3v) is 2.52. The number of carboxylic acid groups (broad SMARTS) is 1. The van der Waals surface area contributed by atoms with Crippen molar-refractivity contribution in [1.29, 1.82) is 0 Å². The van der Waals surface area contributed by atoms with E-state index in [-0.39, 0.29) is 12.0 Å². The predicted octanol–water partition coefficient (Wildman–Crippen LogP) is 1.96. The highest BCUT2D eigenvalue weighted by Crippen LogP contribution is 2.27. The Labute approximate surface area is 76.9 Å². The van der Waals surface area contributed by atoms with E-state index in [1.54, 1.807) is 0 Å². The van der Waals surface area contributed by atoms with E-state index in [1.165, 1.54) is 0 Å². The zero-order valence-corrected chi connectivity index (χ0v) is 7.70. The minimum Gasteiger partial charge on any atom is -0.477 e. The normalized spacial score (nSPS) is 31.2. The fraction of sp³-hybridized carbons (Fsp3) is 0.889. The molecule has 0 aliphatic heterocycles. The van der Waals surface area contributed by atoms with Gasteiger partial charge in [0.2, 0.25) is 0 Å². The molecular formula is C9H15FO3. The summed E-state index contributed by atoms with van der Waals surface area (Å²) in [7, 11) is 0. The molecule has 0 radical (unpaired) electrons. The van der Waals surface area contributed by atoms with Gasteiger partial charge in [0.25, 0.3) is 6.36 Å². The van der Waals surface area contributed by atoms with Crippen LogP contribution in [0, 0.1) is 5.92 Å². The summed E-state index contributed by atoms with van der Waals surface area (Å²) in [5.74, 6) is -1.26. The van der Waals surface area contributed by atoms with Crippen molar-refractivity contribution in [2.75, 3.05) is 0 Å². The molecule has 0 spiro atoms. The van der Waals surface area contributed by atoms with Crippen LogP contribution in [0.15, 0.2) is 0 Å². The Hall–Kier alpha value is -0.640. The molecule has 13 heavy (non-hydrogen) atoms.